The molecule has 92 valence electrons. The van der Waals surface area contributed by atoms with E-state index in [-0.39, 0.29) is 5.48 Å². The molecular formula is C7H17Cl2N2O3P. The smallest absolute Gasteiger partial charge is 0.343 e. The monoisotopic (exact) mass is 278 g/mol. The predicted molar refractivity (Wildman–Crippen MR) is 62.8 cm³/mol. The molecule has 0 aromatic rings. The number of hydrogen-bond donors (Lipinski definition) is 1. The molecule has 1 aliphatic rings. The summed E-state index contributed by atoms with van der Waals surface area (Å²) in [5, 5.41) is 2.91. The van der Waals surface area contributed by atoms with Gasteiger partial charge in [0, 0.05) is 31.4 Å². The molecule has 8 heteroatoms. The second-order valence-corrected chi connectivity index (χ2v) is 5.88. The van der Waals surface area contributed by atoms with Gasteiger partial charge < -0.3 is 10.00 Å². The van der Waals surface area contributed by atoms with E-state index in [4.69, 9.17) is 27.7 Å². The summed E-state index contributed by atoms with van der Waals surface area (Å²) in [5.41, 5.74) is 0. The van der Waals surface area contributed by atoms with Gasteiger partial charge in [-0.25, -0.2) is 9.76 Å². The molecule has 1 aliphatic heterocycles. The number of nitrogens with zero attached hydrogens (tertiary/aromatic N) is 1. The van der Waals surface area contributed by atoms with Gasteiger partial charge >= 0.3 is 7.67 Å². The van der Waals surface area contributed by atoms with Crippen LogP contribution in [0, 0.1) is 0 Å². The summed E-state index contributed by atoms with van der Waals surface area (Å²) in [7, 11) is -2.84. The topological polar surface area (TPSA) is 73.1 Å². The van der Waals surface area contributed by atoms with Crippen LogP contribution in [-0.2, 0) is 9.09 Å². The third kappa shape index (κ3) is 4.57. The van der Waals surface area contributed by atoms with Crippen molar-refractivity contribution < 1.29 is 14.6 Å². The first-order valence-corrected chi connectivity index (χ1v) is 7.24. The summed E-state index contributed by atoms with van der Waals surface area (Å²) >= 11 is 11.2. The number of halogens is 2. The summed E-state index contributed by atoms with van der Waals surface area (Å²) in [4.78, 5) is 0. The van der Waals surface area contributed by atoms with Crippen molar-refractivity contribution in [3.8, 4) is 0 Å². The SMILES string of the molecule is O.O=[P@@]1(N(CCCl)CCCl)NCCCO1. The third-order valence-corrected chi connectivity index (χ3v) is 4.60. The van der Waals surface area contributed by atoms with Crippen molar-refractivity contribution in [1.82, 2.24) is 9.76 Å². The molecule has 1 fully saturated rings. The molecule has 0 unspecified atom stereocenters. The summed E-state index contributed by atoms with van der Waals surface area (Å²) in [6.45, 7) is 2.31. The van der Waals surface area contributed by atoms with E-state index in [1.165, 1.54) is 0 Å². The van der Waals surface area contributed by atoms with E-state index in [0.29, 0.717) is 31.5 Å². The van der Waals surface area contributed by atoms with E-state index in [1.54, 1.807) is 4.67 Å². The van der Waals surface area contributed by atoms with Crippen LogP contribution in [0.1, 0.15) is 6.42 Å². The largest absolute Gasteiger partial charge is 0.412 e. The first-order chi connectivity index (χ1) is 6.73. The highest BCUT2D eigenvalue weighted by atomic mass is 35.5. The Morgan fingerprint density at radius 2 is 1.93 bits per heavy atom. The highest BCUT2D eigenvalue weighted by Crippen LogP contribution is 2.47. The van der Waals surface area contributed by atoms with Crippen LogP contribution in [0.3, 0.4) is 0 Å². The fourth-order valence-corrected chi connectivity index (χ4v) is 3.92. The van der Waals surface area contributed by atoms with E-state index in [0.717, 1.165) is 13.0 Å². The Morgan fingerprint density at radius 3 is 2.33 bits per heavy atom. The average molecular weight is 279 g/mol. The zero-order chi connectivity index (χ0) is 10.4. The molecule has 1 atom stereocenters. The molecular weight excluding hydrogens is 262 g/mol. The molecule has 0 saturated carbocycles. The molecule has 5 nitrogen and oxygen atoms in total. The lowest BCUT2D eigenvalue weighted by atomic mass is 10.5. The molecule has 0 amide bonds. The van der Waals surface area contributed by atoms with Crippen LogP contribution in [-0.4, -0.2) is 48.1 Å². The number of rotatable bonds is 5. The van der Waals surface area contributed by atoms with Gasteiger partial charge in [0.1, 0.15) is 0 Å². The van der Waals surface area contributed by atoms with Gasteiger partial charge in [-0.2, -0.15) is 0 Å². The molecule has 3 N–H and O–H groups in total. The Kier molecular flexibility index (Phi) is 8.19. The molecule has 0 aliphatic carbocycles. The zero-order valence-corrected chi connectivity index (χ0v) is 10.8. The maximum atomic E-state index is 12.2. The third-order valence-electron chi connectivity index (χ3n) is 1.96. The lowest BCUT2D eigenvalue weighted by Crippen LogP contribution is -2.35. The van der Waals surface area contributed by atoms with Crippen LogP contribution in [0.25, 0.3) is 0 Å². The minimum absolute atomic E-state index is 0. The van der Waals surface area contributed by atoms with Gasteiger partial charge in [-0.15, -0.1) is 23.2 Å². The fraction of sp³-hybridized carbons (Fsp3) is 1.00. The average Bonchev–Trinajstić information content (AvgIpc) is 2.19. The van der Waals surface area contributed by atoms with Gasteiger partial charge in [0.15, 0.2) is 0 Å². The van der Waals surface area contributed by atoms with E-state index in [9.17, 15) is 4.57 Å². The second kappa shape index (κ2) is 7.85. The Labute approximate surface area is 99.9 Å². The maximum Gasteiger partial charge on any atom is 0.343 e. The van der Waals surface area contributed by atoms with Crippen molar-refractivity contribution in [2.75, 3.05) is 38.0 Å². The van der Waals surface area contributed by atoms with Crippen LogP contribution in [0.5, 0.6) is 0 Å². The van der Waals surface area contributed by atoms with Crippen molar-refractivity contribution in [2.24, 2.45) is 0 Å². The highest BCUT2D eigenvalue weighted by molar-refractivity contribution is 7.54. The Morgan fingerprint density at radius 1 is 1.33 bits per heavy atom. The maximum absolute atomic E-state index is 12.2. The van der Waals surface area contributed by atoms with Gasteiger partial charge in [-0.3, -0.25) is 4.57 Å². The van der Waals surface area contributed by atoms with Gasteiger partial charge in [-0.1, -0.05) is 0 Å². The van der Waals surface area contributed by atoms with Gasteiger partial charge in [-0.05, 0) is 6.42 Å². The molecule has 0 spiro atoms. The fourth-order valence-electron chi connectivity index (χ4n) is 1.28. The van der Waals surface area contributed by atoms with E-state index in [1.807, 2.05) is 0 Å². The molecule has 0 bridgehead atoms. The summed E-state index contributed by atoms with van der Waals surface area (Å²) in [6.07, 6.45) is 0.888. The normalized spacial score (nSPS) is 26.3. The number of nitrogens with one attached hydrogen (secondary N) is 1. The highest BCUT2D eigenvalue weighted by Gasteiger charge is 2.32. The summed E-state index contributed by atoms with van der Waals surface area (Å²) < 4.78 is 19.2. The van der Waals surface area contributed by atoms with E-state index < -0.39 is 7.67 Å². The molecule has 1 rings (SSSR count). The molecule has 1 heterocycles. The zero-order valence-electron chi connectivity index (χ0n) is 8.42. The number of alkyl halides is 2. The minimum atomic E-state index is -2.84. The molecule has 0 aromatic carbocycles. The molecule has 1 saturated heterocycles. The first kappa shape index (κ1) is 15.7. The molecule has 15 heavy (non-hydrogen) atoms. The molecule has 0 aromatic heterocycles. The standard InChI is InChI=1S/C7H15Cl2N2O2P.H2O/c8-2-5-11(6-3-9)14(12)10-4-1-7-13-14;/h1-7H2,(H,10,12);1H2/t14-;/m0./s1. The van der Waals surface area contributed by atoms with Crippen molar-refractivity contribution >= 4 is 30.9 Å². The van der Waals surface area contributed by atoms with Crippen LogP contribution < -0.4 is 5.09 Å². The number of hydrogen-bond acceptors (Lipinski definition) is 2. The van der Waals surface area contributed by atoms with Gasteiger partial charge in [0.25, 0.3) is 0 Å². The van der Waals surface area contributed by atoms with E-state index >= 15 is 0 Å². The Hall–Kier alpha value is 0.650. The van der Waals surface area contributed by atoms with Gasteiger partial charge in [0.2, 0.25) is 0 Å². The van der Waals surface area contributed by atoms with Crippen molar-refractivity contribution in [2.45, 2.75) is 6.42 Å². The Balaban J connectivity index is 0.00000196. The van der Waals surface area contributed by atoms with Crippen LogP contribution in [0.15, 0.2) is 0 Å². The molecule has 0 radical (unpaired) electrons. The first-order valence-electron chi connectivity index (χ1n) is 4.60. The van der Waals surface area contributed by atoms with Crippen molar-refractivity contribution in [3.05, 3.63) is 0 Å². The predicted octanol–water partition coefficient (Wildman–Crippen LogP) is 1.06. The second-order valence-electron chi connectivity index (χ2n) is 2.95. The summed E-state index contributed by atoms with van der Waals surface area (Å²) in [6, 6.07) is 0. The minimum Gasteiger partial charge on any atom is -0.412 e. The van der Waals surface area contributed by atoms with Crippen LogP contribution in [0.4, 0.5) is 0 Å². The lowest BCUT2D eigenvalue weighted by Gasteiger charge is -2.33. The van der Waals surface area contributed by atoms with Gasteiger partial charge in [0.05, 0.1) is 6.61 Å². The lowest BCUT2D eigenvalue weighted by molar-refractivity contribution is 0.233. The van der Waals surface area contributed by atoms with Crippen molar-refractivity contribution in [1.29, 1.82) is 0 Å². The van der Waals surface area contributed by atoms with Crippen LogP contribution in [0.2, 0.25) is 0 Å². The van der Waals surface area contributed by atoms with Crippen molar-refractivity contribution in [3.63, 3.8) is 0 Å². The van der Waals surface area contributed by atoms with Crippen LogP contribution >= 0.6 is 30.9 Å². The quantitative estimate of drug-likeness (QED) is 0.603. The summed E-state index contributed by atoms with van der Waals surface area (Å²) in [5.74, 6) is 0.845. The Bertz CT molecular complexity index is 204. The van der Waals surface area contributed by atoms with E-state index in [2.05, 4.69) is 5.09 Å².